The predicted molar refractivity (Wildman–Crippen MR) is 19.8 cm³/mol. The maximum Gasteiger partial charge on any atom is 0.154 e. The molecule has 4 nitrogen and oxygen atoms in total. The fourth-order valence-electron chi connectivity index (χ4n) is 0.0747. The molecule has 0 aromatic heterocycles. The minimum Gasteiger partial charge on any atom is -0.410 e. The van der Waals surface area contributed by atoms with E-state index in [1.54, 1.807) is 0 Å². The fourth-order valence-corrected chi connectivity index (χ4v) is 0.0747. The van der Waals surface area contributed by atoms with Gasteiger partial charge in [0.2, 0.25) is 0 Å². The van der Waals surface area contributed by atoms with Crippen molar-refractivity contribution in [1.82, 2.24) is 5.06 Å². The van der Waals surface area contributed by atoms with Gasteiger partial charge in [0, 0.05) is 7.05 Å². The molecule has 0 fully saturated rings. The zero-order valence-electron chi connectivity index (χ0n) is 3.37. The van der Waals surface area contributed by atoms with Gasteiger partial charge in [0.05, 0.1) is 0 Å². The molecule has 0 aliphatic carbocycles. The van der Waals surface area contributed by atoms with Crippen LogP contribution in [0.2, 0.25) is 0 Å². The molecule has 4 heteroatoms. The fraction of sp³-hybridized carbons (Fsp3) is 0.500. The van der Waals surface area contributed by atoms with Gasteiger partial charge in [-0.15, -0.1) is 0 Å². The lowest BCUT2D eigenvalue weighted by Crippen LogP contribution is -2.08. The third-order valence-electron chi connectivity index (χ3n) is 0.219. The molecular formula is C2H6N2O2. The van der Waals surface area contributed by atoms with Crippen molar-refractivity contribution in [2.45, 2.75) is 0 Å². The highest BCUT2D eigenvalue weighted by molar-refractivity contribution is 5.51. The molecule has 0 radical (unpaired) electrons. The minimum absolute atomic E-state index is 0.639. The molecule has 2 N–H and O–H groups in total. The lowest BCUT2D eigenvalue weighted by atomic mass is 11.2. The Labute approximate surface area is 35.3 Å². The molecule has 0 aliphatic rings. The zero-order chi connectivity index (χ0) is 4.99. The lowest BCUT2D eigenvalue weighted by molar-refractivity contribution is 0.0169. The second-order valence-corrected chi connectivity index (χ2v) is 0.805. The van der Waals surface area contributed by atoms with E-state index in [-0.39, 0.29) is 0 Å². The van der Waals surface area contributed by atoms with Crippen molar-refractivity contribution >= 4 is 6.34 Å². The number of nitrogens with zero attached hydrogens (tertiary/aromatic N) is 2. The second kappa shape index (κ2) is 2.47. The summed E-state index contributed by atoms with van der Waals surface area (Å²) in [6.45, 7) is 0. The smallest absolute Gasteiger partial charge is 0.154 e. The average Bonchev–Trinajstić information content (AvgIpc) is 1.35. The quantitative estimate of drug-likeness (QED) is 0.201. The molecule has 0 heterocycles. The summed E-state index contributed by atoms with van der Waals surface area (Å²) in [5.41, 5.74) is 0. The maximum atomic E-state index is 8.08. The van der Waals surface area contributed by atoms with Crippen LogP contribution in [0.3, 0.4) is 0 Å². The minimum atomic E-state index is 0.639. The molecule has 0 atom stereocenters. The molecule has 36 valence electrons. The van der Waals surface area contributed by atoms with Gasteiger partial charge in [0.15, 0.2) is 6.34 Å². The molecule has 0 saturated heterocycles. The number of oxime groups is 1. The number of hydroxylamine groups is 2. The Hall–Kier alpha value is -0.770. The van der Waals surface area contributed by atoms with E-state index in [1.807, 2.05) is 0 Å². The van der Waals surface area contributed by atoms with Gasteiger partial charge >= 0.3 is 0 Å². The average molecular weight is 90.1 g/mol. The van der Waals surface area contributed by atoms with Crippen LogP contribution in [0, 0.1) is 0 Å². The van der Waals surface area contributed by atoms with Crippen molar-refractivity contribution < 1.29 is 10.4 Å². The summed E-state index contributed by atoms with van der Waals surface area (Å²) in [6, 6.07) is 0. The van der Waals surface area contributed by atoms with E-state index in [9.17, 15) is 0 Å². The highest BCUT2D eigenvalue weighted by Crippen LogP contribution is 1.58. The summed E-state index contributed by atoms with van der Waals surface area (Å²) in [6.07, 6.45) is 0.861. The van der Waals surface area contributed by atoms with Gasteiger partial charge in [0.25, 0.3) is 0 Å². The molecule has 0 spiro atoms. The van der Waals surface area contributed by atoms with Gasteiger partial charge < -0.3 is 5.21 Å². The van der Waals surface area contributed by atoms with Gasteiger partial charge in [-0.25, -0.2) is 5.06 Å². The van der Waals surface area contributed by atoms with E-state index in [0.29, 0.717) is 5.06 Å². The van der Waals surface area contributed by atoms with Crippen LogP contribution < -0.4 is 0 Å². The van der Waals surface area contributed by atoms with Crippen molar-refractivity contribution in [3.8, 4) is 0 Å². The van der Waals surface area contributed by atoms with Crippen LogP contribution in [0.5, 0.6) is 0 Å². The van der Waals surface area contributed by atoms with Crippen LogP contribution in [0.1, 0.15) is 0 Å². The zero-order valence-corrected chi connectivity index (χ0v) is 3.37. The van der Waals surface area contributed by atoms with E-state index in [4.69, 9.17) is 10.4 Å². The second-order valence-electron chi connectivity index (χ2n) is 0.805. The normalized spacial score (nSPS) is 9.67. The third-order valence-corrected chi connectivity index (χ3v) is 0.219. The Morgan fingerprint density at radius 3 is 2.33 bits per heavy atom. The van der Waals surface area contributed by atoms with Gasteiger partial charge in [-0.1, -0.05) is 5.16 Å². The Morgan fingerprint density at radius 2 is 2.33 bits per heavy atom. The molecule has 6 heavy (non-hydrogen) atoms. The first-order valence-corrected chi connectivity index (χ1v) is 1.36. The molecule has 0 amide bonds. The topological polar surface area (TPSA) is 56.1 Å². The van der Waals surface area contributed by atoms with Crippen LogP contribution >= 0.6 is 0 Å². The molecule has 0 bridgehead atoms. The van der Waals surface area contributed by atoms with Gasteiger partial charge in [-0.05, 0) is 0 Å². The van der Waals surface area contributed by atoms with E-state index >= 15 is 0 Å². The first kappa shape index (κ1) is 5.23. The van der Waals surface area contributed by atoms with E-state index < -0.39 is 0 Å². The van der Waals surface area contributed by atoms with Crippen molar-refractivity contribution in [3.05, 3.63) is 0 Å². The standard InChI is InChI=1S/C2H6N2O2/c1-4(6)2-3-5/h2,5-6H,1H3/b3-2-. The van der Waals surface area contributed by atoms with Crippen molar-refractivity contribution in [2.75, 3.05) is 7.05 Å². The van der Waals surface area contributed by atoms with Crippen molar-refractivity contribution in [3.63, 3.8) is 0 Å². The molecule has 0 rings (SSSR count). The summed E-state index contributed by atoms with van der Waals surface area (Å²) in [5, 5.41) is 18.8. The van der Waals surface area contributed by atoms with Crippen LogP contribution in [-0.2, 0) is 0 Å². The summed E-state index contributed by atoms with van der Waals surface area (Å²) < 4.78 is 0. The summed E-state index contributed by atoms with van der Waals surface area (Å²) in [4.78, 5) is 0. The molecule has 0 aromatic rings. The number of hydrogen-bond acceptors (Lipinski definition) is 3. The highest BCUT2D eigenvalue weighted by Gasteiger charge is 1.71. The molecule has 0 saturated carbocycles. The van der Waals surface area contributed by atoms with Gasteiger partial charge in [-0.3, -0.25) is 5.21 Å². The first-order chi connectivity index (χ1) is 2.77. The Bertz CT molecular complexity index is 51.5. The van der Waals surface area contributed by atoms with Gasteiger partial charge in [0.1, 0.15) is 0 Å². The van der Waals surface area contributed by atoms with Crippen LogP contribution in [-0.4, -0.2) is 28.9 Å². The predicted octanol–water partition coefficient (Wildman–Crippen LogP) is -0.275. The summed E-state index contributed by atoms with van der Waals surface area (Å²) >= 11 is 0. The number of rotatable bonds is 1. The molecule has 0 aromatic carbocycles. The van der Waals surface area contributed by atoms with E-state index in [0.717, 1.165) is 6.34 Å². The molecule has 0 aliphatic heterocycles. The molecule has 0 unspecified atom stereocenters. The van der Waals surface area contributed by atoms with Crippen LogP contribution in [0.25, 0.3) is 0 Å². The van der Waals surface area contributed by atoms with E-state index in [2.05, 4.69) is 5.16 Å². The van der Waals surface area contributed by atoms with E-state index in [1.165, 1.54) is 7.05 Å². The Balaban J connectivity index is 3.03. The monoisotopic (exact) mass is 90.0 g/mol. The van der Waals surface area contributed by atoms with Crippen molar-refractivity contribution in [1.29, 1.82) is 0 Å². The van der Waals surface area contributed by atoms with Crippen molar-refractivity contribution in [2.24, 2.45) is 5.16 Å². The lowest BCUT2D eigenvalue weighted by Gasteiger charge is -1.94. The Morgan fingerprint density at radius 1 is 1.83 bits per heavy atom. The maximum absolute atomic E-state index is 8.08. The third kappa shape index (κ3) is 3.23. The SMILES string of the molecule is CN(O)/C=N\O. The van der Waals surface area contributed by atoms with Crippen LogP contribution in [0.4, 0.5) is 0 Å². The van der Waals surface area contributed by atoms with Crippen LogP contribution in [0.15, 0.2) is 5.16 Å². The summed E-state index contributed by atoms with van der Waals surface area (Å²) in [7, 11) is 1.33. The Kier molecular flexibility index (Phi) is 2.15. The highest BCUT2D eigenvalue weighted by atomic mass is 16.5. The number of hydrogen-bond donors (Lipinski definition) is 2. The summed E-state index contributed by atoms with van der Waals surface area (Å²) in [5.74, 6) is 0. The van der Waals surface area contributed by atoms with Gasteiger partial charge in [-0.2, -0.15) is 0 Å². The first-order valence-electron chi connectivity index (χ1n) is 1.36. The molecular weight excluding hydrogens is 84.0 g/mol. The largest absolute Gasteiger partial charge is 0.410 e.